The van der Waals surface area contributed by atoms with Crippen LogP contribution in [-0.2, 0) is 6.54 Å². The normalized spacial score (nSPS) is 12.6. The fourth-order valence-corrected chi connectivity index (χ4v) is 2.34. The van der Waals surface area contributed by atoms with Crippen LogP contribution < -0.4 is 5.73 Å². The zero-order chi connectivity index (χ0) is 15.2. The second kappa shape index (κ2) is 7.29. The first-order valence-corrected chi connectivity index (χ1v) is 7.24. The highest BCUT2D eigenvalue weighted by Crippen LogP contribution is 2.14. The molecule has 1 aromatic carbocycles. The van der Waals surface area contributed by atoms with Crippen molar-refractivity contribution < 1.29 is 4.39 Å². The summed E-state index contributed by atoms with van der Waals surface area (Å²) < 4.78 is 13.3. The van der Waals surface area contributed by atoms with E-state index < -0.39 is 0 Å². The van der Waals surface area contributed by atoms with Gasteiger partial charge >= 0.3 is 0 Å². The van der Waals surface area contributed by atoms with Crippen molar-refractivity contribution in [2.75, 3.05) is 13.1 Å². The molecular weight excluding hydrogens is 265 g/mol. The van der Waals surface area contributed by atoms with E-state index in [0.717, 1.165) is 30.0 Å². The van der Waals surface area contributed by atoms with Crippen LogP contribution in [0.2, 0.25) is 0 Å². The molecule has 2 aromatic rings. The van der Waals surface area contributed by atoms with Crippen LogP contribution in [0.3, 0.4) is 0 Å². The van der Waals surface area contributed by atoms with E-state index >= 15 is 0 Å². The molecule has 0 saturated carbocycles. The Bertz CT molecular complexity index is 586. The third kappa shape index (κ3) is 4.62. The number of nitrogens with two attached hydrogens (primary N) is 1. The molecule has 0 aliphatic heterocycles. The average Bonchev–Trinajstić information content (AvgIpc) is 2.46. The number of likely N-dealkylation sites (N-methyl/N-ethyl adjacent to an activating group) is 1. The lowest BCUT2D eigenvalue weighted by Crippen LogP contribution is -2.32. The Labute approximate surface area is 125 Å². The minimum Gasteiger partial charge on any atom is -0.323 e. The quantitative estimate of drug-likeness (QED) is 0.888. The molecule has 0 bridgehead atoms. The highest BCUT2D eigenvalue weighted by Gasteiger charge is 2.12. The van der Waals surface area contributed by atoms with Gasteiger partial charge < -0.3 is 5.73 Å². The van der Waals surface area contributed by atoms with Gasteiger partial charge in [-0.05, 0) is 43.3 Å². The summed E-state index contributed by atoms with van der Waals surface area (Å²) in [7, 11) is 0. The maximum atomic E-state index is 13.3. The minimum atomic E-state index is -0.244. The van der Waals surface area contributed by atoms with Crippen LogP contribution in [0, 0.1) is 12.7 Å². The lowest BCUT2D eigenvalue weighted by atomic mass is 10.1. The minimum absolute atomic E-state index is 0.203. The first-order chi connectivity index (χ1) is 10.1. The number of halogens is 1. The first kappa shape index (κ1) is 15.6. The molecule has 0 saturated heterocycles. The largest absolute Gasteiger partial charge is 0.323 e. The number of nitrogens with zero attached hydrogens (tertiary/aromatic N) is 2. The number of rotatable bonds is 6. The van der Waals surface area contributed by atoms with Crippen molar-refractivity contribution in [1.82, 2.24) is 9.88 Å². The van der Waals surface area contributed by atoms with Crippen molar-refractivity contribution in [1.29, 1.82) is 0 Å². The monoisotopic (exact) mass is 287 g/mol. The summed E-state index contributed by atoms with van der Waals surface area (Å²) in [5.41, 5.74) is 9.06. The smallest absolute Gasteiger partial charge is 0.123 e. The molecule has 0 aliphatic rings. The summed E-state index contributed by atoms with van der Waals surface area (Å²) in [4.78, 5) is 6.73. The topological polar surface area (TPSA) is 42.2 Å². The van der Waals surface area contributed by atoms with Crippen LogP contribution in [-0.4, -0.2) is 23.0 Å². The fourth-order valence-electron chi connectivity index (χ4n) is 2.34. The highest BCUT2D eigenvalue weighted by molar-refractivity contribution is 5.20. The second-order valence-corrected chi connectivity index (χ2v) is 5.26. The molecule has 1 atom stereocenters. The lowest BCUT2D eigenvalue weighted by molar-refractivity contribution is 0.259. The van der Waals surface area contributed by atoms with Crippen LogP contribution in [0.1, 0.15) is 29.9 Å². The van der Waals surface area contributed by atoms with Crippen molar-refractivity contribution in [3.63, 3.8) is 0 Å². The van der Waals surface area contributed by atoms with Gasteiger partial charge in [-0.25, -0.2) is 4.39 Å². The Morgan fingerprint density at radius 1 is 1.24 bits per heavy atom. The zero-order valence-corrected chi connectivity index (χ0v) is 12.6. The van der Waals surface area contributed by atoms with Crippen molar-refractivity contribution in [3.05, 3.63) is 65.2 Å². The summed E-state index contributed by atoms with van der Waals surface area (Å²) in [6.45, 7) is 6.38. The molecule has 0 spiro atoms. The first-order valence-electron chi connectivity index (χ1n) is 7.24. The molecule has 0 aliphatic carbocycles. The number of hydrogen-bond donors (Lipinski definition) is 1. The van der Waals surface area contributed by atoms with E-state index in [9.17, 15) is 4.39 Å². The Morgan fingerprint density at radius 3 is 2.67 bits per heavy atom. The predicted octanol–water partition coefficient (Wildman–Crippen LogP) is 3.05. The van der Waals surface area contributed by atoms with Gasteiger partial charge in [0.1, 0.15) is 5.82 Å². The summed E-state index contributed by atoms with van der Waals surface area (Å²) >= 11 is 0. The molecule has 2 N–H and O–H groups in total. The number of aromatic nitrogens is 1. The molecule has 0 fully saturated rings. The predicted molar refractivity (Wildman–Crippen MR) is 83.3 cm³/mol. The van der Waals surface area contributed by atoms with Gasteiger partial charge in [-0.2, -0.15) is 0 Å². The summed E-state index contributed by atoms with van der Waals surface area (Å²) in [6.07, 6.45) is 0. The molecule has 21 heavy (non-hydrogen) atoms. The van der Waals surface area contributed by atoms with E-state index in [1.54, 1.807) is 6.07 Å². The van der Waals surface area contributed by atoms with Gasteiger partial charge in [0.2, 0.25) is 0 Å². The van der Waals surface area contributed by atoms with Gasteiger partial charge in [0.25, 0.3) is 0 Å². The van der Waals surface area contributed by atoms with Crippen LogP contribution >= 0.6 is 0 Å². The second-order valence-electron chi connectivity index (χ2n) is 5.26. The number of hydrogen-bond acceptors (Lipinski definition) is 3. The van der Waals surface area contributed by atoms with Crippen molar-refractivity contribution in [2.45, 2.75) is 26.4 Å². The van der Waals surface area contributed by atoms with Gasteiger partial charge in [-0.1, -0.05) is 25.1 Å². The molecule has 0 radical (unpaired) electrons. The van der Waals surface area contributed by atoms with Crippen molar-refractivity contribution in [3.8, 4) is 0 Å². The standard InChI is InChI=1S/C17H22FN3/c1-3-21(11-16-9-4-6-13(2)20-16)12-17(19)14-7-5-8-15(18)10-14/h4-10,17H,3,11-12,19H2,1-2H3. The van der Waals surface area contributed by atoms with Crippen LogP contribution in [0.5, 0.6) is 0 Å². The zero-order valence-electron chi connectivity index (χ0n) is 12.6. The number of benzene rings is 1. The van der Waals surface area contributed by atoms with Crippen LogP contribution in [0.4, 0.5) is 4.39 Å². The molecule has 0 amide bonds. The van der Waals surface area contributed by atoms with E-state index in [1.165, 1.54) is 12.1 Å². The molecular formula is C17H22FN3. The third-order valence-electron chi connectivity index (χ3n) is 3.51. The molecule has 1 unspecified atom stereocenters. The van der Waals surface area contributed by atoms with E-state index in [2.05, 4.69) is 16.8 Å². The van der Waals surface area contributed by atoms with Crippen molar-refractivity contribution >= 4 is 0 Å². The molecule has 2 rings (SSSR count). The summed E-state index contributed by atoms with van der Waals surface area (Å²) in [5.74, 6) is -0.244. The average molecular weight is 287 g/mol. The maximum absolute atomic E-state index is 13.3. The Kier molecular flexibility index (Phi) is 5.42. The van der Waals surface area contributed by atoms with Crippen LogP contribution in [0.25, 0.3) is 0 Å². The van der Waals surface area contributed by atoms with E-state index in [4.69, 9.17) is 5.73 Å². The highest BCUT2D eigenvalue weighted by atomic mass is 19.1. The van der Waals surface area contributed by atoms with Gasteiger partial charge in [0.15, 0.2) is 0 Å². The van der Waals surface area contributed by atoms with E-state index in [1.807, 2.05) is 31.2 Å². The molecule has 1 aromatic heterocycles. The van der Waals surface area contributed by atoms with Crippen LogP contribution in [0.15, 0.2) is 42.5 Å². The number of aryl methyl sites for hydroxylation is 1. The Balaban J connectivity index is 2.01. The Morgan fingerprint density at radius 2 is 2.00 bits per heavy atom. The maximum Gasteiger partial charge on any atom is 0.123 e. The molecule has 3 nitrogen and oxygen atoms in total. The third-order valence-corrected chi connectivity index (χ3v) is 3.51. The van der Waals surface area contributed by atoms with E-state index in [-0.39, 0.29) is 11.9 Å². The number of pyridine rings is 1. The van der Waals surface area contributed by atoms with Gasteiger partial charge in [0.05, 0.1) is 5.69 Å². The molecule has 4 heteroatoms. The summed E-state index contributed by atoms with van der Waals surface area (Å²) in [6, 6.07) is 12.3. The Hall–Kier alpha value is -1.78. The molecule has 112 valence electrons. The van der Waals surface area contributed by atoms with Gasteiger partial charge in [0, 0.05) is 24.8 Å². The fraction of sp³-hybridized carbons (Fsp3) is 0.353. The van der Waals surface area contributed by atoms with Gasteiger partial charge in [-0.15, -0.1) is 0 Å². The van der Waals surface area contributed by atoms with Gasteiger partial charge in [-0.3, -0.25) is 9.88 Å². The lowest BCUT2D eigenvalue weighted by Gasteiger charge is -2.24. The van der Waals surface area contributed by atoms with Crippen molar-refractivity contribution in [2.24, 2.45) is 5.73 Å². The van der Waals surface area contributed by atoms with E-state index in [0.29, 0.717) is 6.54 Å². The molecule has 1 heterocycles. The SMILES string of the molecule is CCN(Cc1cccc(C)n1)CC(N)c1cccc(F)c1. The summed E-state index contributed by atoms with van der Waals surface area (Å²) in [5, 5.41) is 0.